The molecule has 1 aliphatic rings. The quantitative estimate of drug-likeness (QED) is 0.477. The summed E-state index contributed by atoms with van der Waals surface area (Å²) in [6.07, 6.45) is 4.72. The van der Waals surface area contributed by atoms with Crippen molar-refractivity contribution in [2.75, 3.05) is 14.2 Å². The van der Waals surface area contributed by atoms with E-state index in [0.29, 0.717) is 0 Å². The van der Waals surface area contributed by atoms with Crippen LogP contribution < -0.4 is 9.47 Å². The van der Waals surface area contributed by atoms with E-state index in [4.69, 9.17) is 14.5 Å². The molecule has 5 nitrogen and oxygen atoms in total. The van der Waals surface area contributed by atoms with E-state index in [9.17, 15) is 0 Å². The van der Waals surface area contributed by atoms with Gasteiger partial charge in [0.15, 0.2) is 11.5 Å². The third-order valence-corrected chi connectivity index (χ3v) is 5.75. The maximum atomic E-state index is 5.58. The van der Waals surface area contributed by atoms with Gasteiger partial charge >= 0.3 is 0 Å². The van der Waals surface area contributed by atoms with E-state index in [0.717, 1.165) is 63.9 Å². The molecule has 0 radical (unpaired) electrons. The third-order valence-electron chi connectivity index (χ3n) is 5.75. The fourth-order valence-corrected chi connectivity index (χ4v) is 4.25. The van der Waals surface area contributed by atoms with Crippen LogP contribution >= 0.6 is 0 Å². The molecule has 2 aromatic carbocycles. The standard InChI is InChI=1S/C25H23N3O2/c1-16-27-24(20-11-19(14-26-15-20)17-7-5-4-6-8-17)25-21-13-23(30-3)22(29-2)12-18(21)9-10-28(16)25/h4-8,11-15H,9-10H2,1-3H3. The van der Waals surface area contributed by atoms with Gasteiger partial charge in [-0.05, 0) is 42.7 Å². The minimum Gasteiger partial charge on any atom is -0.493 e. The van der Waals surface area contributed by atoms with Crippen molar-refractivity contribution >= 4 is 0 Å². The van der Waals surface area contributed by atoms with Crippen LogP contribution in [0.25, 0.3) is 33.6 Å². The summed E-state index contributed by atoms with van der Waals surface area (Å²) in [5.74, 6) is 2.49. The zero-order chi connectivity index (χ0) is 20.7. The van der Waals surface area contributed by atoms with Crippen LogP contribution in [0.4, 0.5) is 0 Å². The van der Waals surface area contributed by atoms with E-state index >= 15 is 0 Å². The molecule has 4 aromatic rings. The van der Waals surface area contributed by atoms with Crippen LogP contribution in [-0.4, -0.2) is 28.8 Å². The summed E-state index contributed by atoms with van der Waals surface area (Å²) in [5, 5.41) is 0. The highest BCUT2D eigenvalue weighted by molar-refractivity contribution is 5.84. The predicted octanol–water partition coefficient (Wildman–Crippen LogP) is 5.16. The van der Waals surface area contributed by atoms with Crippen LogP contribution in [0.15, 0.2) is 60.9 Å². The van der Waals surface area contributed by atoms with Crippen LogP contribution in [0.1, 0.15) is 11.4 Å². The molecule has 2 aromatic heterocycles. The Morgan fingerprint density at radius 3 is 2.37 bits per heavy atom. The SMILES string of the molecule is COc1cc2c(cc1OC)-c1c(-c3cncc(-c4ccccc4)c3)nc(C)n1CC2. The first-order valence-corrected chi connectivity index (χ1v) is 10.0. The van der Waals surface area contributed by atoms with Crippen molar-refractivity contribution in [1.82, 2.24) is 14.5 Å². The summed E-state index contributed by atoms with van der Waals surface area (Å²) in [6.45, 7) is 2.95. The molecule has 3 heterocycles. The van der Waals surface area contributed by atoms with Crippen LogP contribution in [0, 0.1) is 6.92 Å². The molecule has 0 saturated carbocycles. The first-order valence-electron chi connectivity index (χ1n) is 10.0. The number of pyridine rings is 1. The van der Waals surface area contributed by atoms with Gasteiger partial charge in [0.2, 0.25) is 0 Å². The first-order chi connectivity index (χ1) is 14.7. The molecule has 5 heteroatoms. The fourth-order valence-electron chi connectivity index (χ4n) is 4.25. The summed E-state index contributed by atoms with van der Waals surface area (Å²) in [7, 11) is 3.34. The number of hydrogen-bond acceptors (Lipinski definition) is 4. The highest BCUT2D eigenvalue weighted by Crippen LogP contribution is 2.43. The van der Waals surface area contributed by atoms with Crippen LogP contribution in [-0.2, 0) is 13.0 Å². The van der Waals surface area contributed by atoms with Gasteiger partial charge in [0.1, 0.15) is 5.82 Å². The molecule has 150 valence electrons. The Bertz CT molecular complexity index is 1230. The van der Waals surface area contributed by atoms with Crippen molar-refractivity contribution in [1.29, 1.82) is 0 Å². The summed E-state index contributed by atoms with van der Waals surface area (Å²) in [5.41, 5.74) is 7.68. The molecule has 0 saturated heterocycles. The largest absolute Gasteiger partial charge is 0.493 e. The number of nitrogens with zero attached hydrogens (tertiary/aromatic N) is 3. The van der Waals surface area contributed by atoms with Gasteiger partial charge < -0.3 is 14.0 Å². The lowest BCUT2D eigenvalue weighted by Gasteiger charge is -2.22. The molecule has 0 N–H and O–H groups in total. The second kappa shape index (κ2) is 7.34. The second-order valence-corrected chi connectivity index (χ2v) is 7.45. The lowest BCUT2D eigenvalue weighted by atomic mass is 9.94. The molecular formula is C25H23N3O2. The molecule has 0 amide bonds. The number of ether oxygens (including phenoxy) is 2. The molecule has 30 heavy (non-hydrogen) atoms. The van der Waals surface area contributed by atoms with E-state index in [1.807, 2.05) is 30.6 Å². The summed E-state index contributed by atoms with van der Waals surface area (Å²) in [4.78, 5) is 9.46. The number of benzene rings is 2. The van der Waals surface area contributed by atoms with E-state index < -0.39 is 0 Å². The average molecular weight is 397 g/mol. The molecule has 0 fully saturated rings. The number of methoxy groups -OCH3 is 2. The van der Waals surface area contributed by atoms with Gasteiger partial charge in [-0.1, -0.05) is 30.3 Å². The summed E-state index contributed by atoms with van der Waals surface area (Å²) in [6, 6.07) is 16.6. The van der Waals surface area contributed by atoms with Gasteiger partial charge in [0.25, 0.3) is 0 Å². The smallest absolute Gasteiger partial charge is 0.161 e. The fraction of sp³-hybridized carbons (Fsp3) is 0.200. The number of aromatic nitrogens is 3. The Morgan fingerprint density at radius 2 is 1.60 bits per heavy atom. The zero-order valence-electron chi connectivity index (χ0n) is 17.3. The Morgan fingerprint density at radius 1 is 0.867 bits per heavy atom. The van der Waals surface area contributed by atoms with Crippen LogP contribution in [0.3, 0.4) is 0 Å². The highest BCUT2D eigenvalue weighted by Gasteiger charge is 2.26. The highest BCUT2D eigenvalue weighted by atomic mass is 16.5. The van der Waals surface area contributed by atoms with Gasteiger partial charge in [-0.3, -0.25) is 4.98 Å². The van der Waals surface area contributed by atoms with Crippen molar-refractivity contribution in [3.05, 3.63) is 72.3 Å². The van der Waals surface area contributed by atoms with E-state index in [2.05, 4.69) is 46.8 Å². The topological polar surface area (TPSA) is 49.2 Å². The number of rotatable bonds is 4. The van der Waals surface area contributed by atoms with E-state index in [1.165, 1.54) is 5.56 Å². The monoisotopic (exact) mass is 397 g/mol. The lowest BCUT2D eigenvalue weighted by molar-refractivity contribution is 0.354. The summed E-state index contributed by atoms with van der Waals surface area (Å²) < 4.78 is 13.4. The Labute approximate surface area is 176 Å². The van der Waals surface area contributed by atoms with Crippen molar-refractivity contribution in [3.8, 4) is 45.1 Å². The maximum absolute atomic E-state index is 5.58. The van der Waals surface area contributed by atoms with Crippen molar-refractivity contribution < 1.29 is 9.47 Å². The lowest BCUT2D eigenvalue weighted by Crippen LogP contribution is -2.12. The van der Waals surface area contributed by atoms with E-state index in [1.54, 1.807) is 14.2 Å². The van der Waals surface area contributed by atoms with E-state index in [-0.39, 0.29) is 0 Å². The minimum absolute atomic E-state index is 0.727. The minimum atomic E-state index is 0.727. The molecule has 0 bridgehead atoms. The maximum Gasteiger partial charge on any atom is 0.161 e. The van der Waals surface area contributed by atoms with Crippen molar-refractivity contribution in [3.63, 3.8) is 0 Å². The van der Waals surface area contributed by atoms with Gasteiger partial charge in [0, 0.05) is 35.6 Å². The van der Waals surface area contributed by atoms with Gasteiger partial charge in [-0.2, -0.15) is 0 Å². The van der Waals surface area contributed by atoms with Crippen molar-refractivity contribution in [2.24, 2.45) is 0 Å². The number of hydrogen-bond donors (Lipinski definition) is 0. The number of aryl methyl sites for hydroxylation is 2. The first kappa shape index (κ1) is 18.4. The predicted molar refractivity (Wildman–Crippen MR) is 118 cm³/mol. The van der Waals surface area contributed by atoms with Crippen LogP contribution in [0.2, 0.25) is 0 Å². The number of imidazole rings is 1. The number of fused-ring (bicyclic) bond motifs is 3. The molecule has 0 atom stereocenters. The third kappa shape index (κ3) is 2.94. The molecule has 5 rings (SSSR count). The van der Waals surface area contributed by atoms with Crippen molar-refractivity contribution in [2.45, 2.75) is 19.9 Å². The molecule has 0 spiro atoms. The Kier molecular flexibility index (Phi) is 4.51. The zero-order valence-corrected chi connectivity index (χ0v) is 17.3. The molecule has 0 unspecified atom stereocenters. The van der Waals surface area contributed by atoms with Gasteiger partial charge in [0.05, 0.1) is 25.6 Å². The van der Waals surface area contributed by atoms with Crippen LogP contribution in [0.5, 0.6) is 11.5 Å². The summed E-state index contributed by atoms with van der Waals surface area (Å²) >= 11 is 0. The van der Waals surface area contributed by atoms with Gasteiger partial charge in [-0.15, -0.1) is 0 Å². The molecular weight excluding hydrogens is 374 g/mol. The normalized spacial score (nSPS) is 12.2. The molecule has 1 aliphatic heterocycles. The average Bonchev–Trinajstić information content (AvgIpc) is 3.15. The Balaban J connectivity index is 1.69. The Hall–Kier alpha value is -3.60. The van der Waals surface area contributed by atoms with Gasteiger partial charge in [-0.25, -0.2) is 4.98 Å². The molecule has 0 aliphatic carbocycles. The second-order valence-electron chi connectivity index (χ2n) is 7.45.